The van der Waals surface area contributed by atoms with Crippen LogP contribution < -0.4 is 10.6 Å². The Bertz CT molecular complexity index is 293. The molecule has 1 heteroatoms. The molecule has 0 radical (unpaired) electrons. The van der Waals surface area contributed by atoms with Gasteiger partial charge in [0.1, 0.15) is 0 Å². The van der Waals surface area contributed by atoms with E-state index in [9.17, 15) is 0 Å². The summed E-state index contributed by atoms with van der Waals surface area (Å²) >= 11 is 0. The van der Waals surface area contributed by atoms with Crippen LogP contribution in [0.25, 0.3) is 12.7 Å². The van der Waals surface area contributed by atoms with Gasteiger partial charge in [-0.2, -0.15) is 0 Å². The van der Waals surface area contributed by atoms with Crippen molar-refractivity contribution in [2.45, 2.75) is 13.8 Å². The van der Waals surface area contributed by atoms with Gasteiger partial charge in [-0.15, -0.1) is 0 Å². The first-order valence-corrected chi connectivity index (χ1v) is 3.05. The second kappa shape index (κ2) is 2.09. The summed E-state index contributed by atoms with van der Waals surface area (Å²) in [6.45, 7) is 7.87. The van der Waals surface area contributed by atoms with Gasteiger partial charge in [0.2, 0.25) is 0 Å². The van der Waals surface area contributed by atoms with Gasteiger partial charge in [0.05, 0.1) is 0 Å². The van der Waals surface area contributed by atoms with Crippen LogP contribution >= 0.6 is 0 Å². The van der Waals surface area contributed by atoms with Crippen molar-refractivity contribution in [3.8, 4) is 0 Å². The molecule has 9 heavy (non-hydrogen) atoms. The molecular weight excluding hydrogens is 110 g/mol. The molecule has 0 saturated carbocycles. The average Bonchev–Trinajstić information content (AvgIpc) is 2.10. The Labute approximate surface area is 54.7 Å². The molecule has 48 valence electrons. The Morgan fingerprint density at radius 2 is 2.33 bits per heavy atom. The molecule has 0 saturated heterocycles. The lowest BCUT2D eigenvalue weighted by Gasteiger charge is -1.72. The monoisotopic (exact) mass is 121 g/mol. The molecule has 0 aliphatic carbocycles. The fraction of sp³-hybridized carbons (Fsp3) is 0.250. The summed E-state index contributed by atoms with van der Waals surface area (Å²) in [5, 5.41) is 2.21. The standard InChI is InChI=1S/C8H11N/c1-4-8-5-6(2)9-7(8)3/h4-5,9H,3H2,1-2H3/b8-4-. The second-order valence-electron chi connectivity index (χ2n) is 2.17. The summed E-state index contributed by atoms with van der Waals surface area (Å²) in [7, 11) is 0. The Morgan fingerprint density at radius 1 is 1.67 bits per heavy atom. The van der Waals surface area contributed by atoms with Gasteiger partial charge in [0.25, 0.3) is 0 Å². The van der Waals surface area contributed by atoms with E-state index >= 15 is 0 Å². The molecule has 0 unspecified atom stereocenters. The van der Waals surface area contributed by atoms with Crippen molar-refractivity contribution in [3.63, 3.8) is 0 Å². The van der Waals surface area contributed by atoms with Gasteiger partial charge in [-0.25, -0.2) is 0 Å². The highest BCUT2D eigenvalue weighted by molar-refractivity contribution is 5.23. The quantitative estimate of drug-likeness (QED) is 0.515. The van der Waals surface area contributed by atoms with E-state index < -0.39 is 0 Å². The van der Waals surface area contributed by atoms with Crippen molar-refractivity contribution in [3.05, 3.63) is 22.3 Å². The zero-order valence-corrected chi connectivity index (χ0v) is 5.86. The summed E-state index contributed by atoms with van der Waals surface area (Å²) in [5.41, 5.74) is 1.17. The molecule has 1 heterocycles. The predicted molar refractivity (Wildman–Crippen MR) is 40.4 cm³/mol. The maximum absolute atomic E-state index is 3.83. The van der Waals surface area contributed by atoms with Crippen molar-refractivity contribution >= 4 is 12.7 Å². The lowest BCUT2D eigenvalue weighted by Crippen LogP contribution is -2.18. The molecule has 0 aliphatic rings. The molecule has 0 bridgehead atoms. The number of H-pyrrole nitrogens is 1. The van der Waals surface area contributed by atoms with Crippen molar-refractivity contribution in [1.29, 1.82) is 0 Å². The van der Waals surface area contributed by atoms with Crippen LogP contribution in [0.5, 0.6) is 0 Å². The second-order valence-corrected chi connectivity index (χ2v) is 2.17. The van der Waals surface area contributed by atoms with Crippen molar-refractivity contribution in [1.82, 2.24) is 4.98 Å². The zero-order chi connectivity index (χ0) is 6.85. The van der Waals surface area contributed by atoms with Crippen LogP contribution in [0.4, 0.5) is 0 Å². The van der Waals surface area contributed by atoms with Gasteiger partial charge in [0.15, 0.2) is 0 Å². The molecule has 1 aromatic heterocycles. The van der Waals surface area contributed by atoms with Crippen molar-refractivity contribution < 1.29 is 0 Å². The summed E-state index contributed by atoms with van der Waals surface area (Å²) in [6.07, 6.45) is 2.05. The van der Waals surface area contributed by atoms with E-state index in [1.54, 1.807) is 0 Å². The summed E-state index contributed by atoms with van der Waals surface area (Å²) in [5.74, 6) is 0. The molecule has 0 spiro atoms. The summed E-state index contributed by atoms with van der Waals surface area (Å²) in [4.78, 5) is 3.12. The lowest BCUT2D eigenvalue weighted by atomic mass is 10.4. The average molecular weight is 121 g/mol. The number of aromatic amines is 1. The van der Waals surface area contributed by atoms with Crippen molar-refractivity contribution in [2.24, 2.45) is 0 Å². The fourth-order valence-electron chi connectivity index (χ4n) is 0.924. The smallest absolute Gasteiger partial charge is 0.0379 e. The zero-order valence-electron chi connectivity index (χ0n) is 5.86. The molecule has 1 aromatic rings. The highest BCUT2D eigenvalue weighted by atomic mass is 14.7. The Hall–Kier alpha value is -0.980. The Morgan fingerprint density at radius 3 is 2.56 bits per heavy atom. The molecule has 0 aliphatic heterocycles. The van der Waals surface area contributed by atoms with Gasteiger partial charge in [-0.3, -0.25) is 0 Å². The Kier molecular flexibility index (Phi) is 1.43. The van der Waals surface area contributed by atoms with E-state index in [4.69, 9.17) is 0 Å². The number of nitrogens with one attached hydrogen (secondary N) is 1. The first-order chi connectivity index (χ1) is 4.24. The normalized spacial score (nSPS) is 12.4. The topological polar surface area (TPSA) is 15.8 Å². The van der Waals surface area contributed by atoms with Crippen LogP contribution in [0, 0.1) is 6.92 Å². The van der Waals surface area contributed by atoms with E-state index in [0.717, 1.165) is 5.35 Å². The lowest BCUT2D eigenvalue weighted by molar-refractivity contribution is 1.22. The number of aromatic nitrogens is 1. The minimum Gasteiger partial charge on any atom is -0.359 e. The maximum Gasteiger partial charge on any atom is 0.0379 e. The van der Waals surface area contributed by atoms with Crippen molar-refractivity contribution in [2.75, 3.05) is 0 Å². The number of hydrogen-bond donors (Lipinski definition) is 1. The van der Waals surface area contributed by atoms with Gasteiger partial charge < -0.3 is 4.98 Å². The van der Waals surface area contributed by atoms with Gasteiger partial charge >= 0.3 is 0 Å². The van der Waals surface area contributed by atoms with E-state index in [1.165, 1.54) is 10.9 Å². The molecule has 0 amide bonds. The third-order valence-electron chi connectivity index (χ3n) is 1.38. The fourth-order valence-corrected chi connectivity index (χ4v) is 0.924. The van der Waals surface area contributed by atoms with Crippen LogP contribution in [-0.4, -0.2) is 4.98 Å². The molecule has 1 rings (SSSR count). The van der Waals surface area contributed by atoms with Crippen LogP contribution in [0.3, 0.4) is 0 Å². The van der Waals surface area contributed by atoms with Crippen LogP contribution in [0.2, 0.25) is 0 Å². The molecule has 0 aromatic carbocycles. The van der Waals surface area contributed by atoms with Gasteiger partial charge in [-0.1, -0.05) is 12.7 Å². The highest BCUT2D eigenvalue weighted by Gasteiger charge is 1.84. The third kappa shape index (κ3) is 1.04. The molecule has 0 atom stereocenters. The SMILES string of the molecule is C=c1[nH]c(C)c/c1=C/C. The predicted octanol–water partition coefficient (Wildman–Crippen LogP) is 0.534. The summed E-state index contributed by atoms with van der Waals surface area (Å²) < 4.78 is 0. The van der Waals surface area contributed by atoms with Gasteiger partial charge in [0, 0.05) is 11.0 Å². The van der Waals surface area contributed by atoms with E-state index in [1.807, 2.05) is 19.9 Å². The van der Waals surface area contributed by atoms with E-state index in [2.05, 4.69) is 17.6 Å². The minimum absolute atomic E-state index is 1.01. The van der Waals surface area contributed by atoms with Crippen LogP contribution in [-0.2, 0) is 0 Å². The highest BCUT2D eigenvalue weighted by Crippen LogP contribution is 1.77. The minimum atomic E-state index is 1.01. The number of aryl methyl sites for hydroxylation is 1. The number of hydrogen-bond acceptors (Lipinski definition) is 0. The molecule has 0 fully saturated rings. The van der Waals surface area contributed by atoms with Crippen LogP contribution in [0.15, 0.2) is 6.07 Å². The largest absolute Gasteiger partial charge is 0.359 e. The van der Waals surface area contributed by atoms with E-state index in [-0.39, 0.29) is 0 Å². The number of rotatable bonds is 0. The molecule has 1 N–H and O–H groups in total. The van der Waals surface area contributed by atoms with Crippen LogP contribution in [0.1, 0.15) is 12.6 Å². The molecular formula is C8H11N. The molecule has 1 nitrogen and oxygen atoms in total. The maximum atomic E-state index is 3.83. The van der Waals surface area contributed by atoms with E-state index in [0.29, 0.717) is 0 Å². The first kappa shape index (κ1) is 6.14. The summed E-state index contributed by atoms with van der Waals surface area (Å²) in [6, 6.07) is 2.09. The Balaban J connectivity index is 3.52. The first-order valence-electron chi connectivity index (χ1n) is 3.05. The van der Waals surface area contributed by atoms with Gasteiger partial charge in [-0.05, 0) is 25.1 Å². The third-order valence-corrected chi connectivity index (χ3v) is 1.38.